The molecular formula is C23H24N4O4. The van der Waals surface area contributed by atoms with Crippen molar-refractivity contribution in [3.8, 4) is 11.1 Å². The molecule has 3 heterocycles. The SMILES string of the molecule is O=CO.O=c1[nH]nc2n1CC1(CCN(Cc3ccc4c(c3)Cc3ccccc3-4)C1)OC2. The first kappa shape index (κ1) is 19.7. The van der Waals surface area contributed by atoms with Crippen molar-refractivity contribution >= 4 is 6.47 Å². The molecule has 2 aromatic carbocycles. The molecule has 1 fully saturated rings. The fourth-order valence-corrected chi connectivity index (χ4v) is 5.04. The number of likely N-dealkylation sites (tertiary alicyclic amines) is 1. The van der Waals surface area contributed by atoms with Crippen LogP contribution in [0.15, 0.2) is 47.3 Å². The van der Waals surface area contributed by atoms with Gasteiger partial charge in [-0.15, -0.1) is 0 Å². The first-order valence-electron chi connectivity index (χ1n) is 10.4. The van der Waals surface area contributed by atoms with Crippen LogP contribution in [0, 0.1) is 0 Å². The molecule has 1 unspecified atom stereocenters. The largest absolute Gasteiger partial charge is 0.483 e. The van der Waals surface area contributed by atoms with Crippen LogP contribution in [0.1, 0.15) is 28.9 Å². The van der Waals surface area contributed by atoms with E-state index in [2.05, 4.69) is 57.6 Å². The van der Waals surface area contributed by atoms with Crippen LogP contribution < -0.4 is 5.69 Å². The maximum atomic E-state index is 12.0. The Hall–Kier alpha value is -3.23. The molecule has 0 radical (unpaired) electrons. The minimum atomic E-state index is -0.270. The van der Waals surface area contributed by atoms with E-state index in [-0.39, 0.29) is 17.8 Å². The smallest absolute Gasteiger partial charge is 0.343 e. The van der Waals surface area contributed by atoms with Gasteiger partial charge in [-0.05, 0) is 40.7 Å². The van der Waals surface area contributed by atoms with E-state index in [4.69, 9.17) is 14.6 Å². The van der Waals surface area contributed by atoms with Gasteiger partial charge in [0.25, 0.3) is 6.47 Å². The first-order chi connectivity index (χ1) is 15.1. The highest BCUT2D eigenvalue weighted by molar-refractivity contribution is 5.76. The molecule has 0 bridgehead atoms. The van der Waals surface area contributed by atoms with Crippen LogP contribution in [0.5, 0.6) is 0 Å². The van der Waals surface area contributed by atoms with Gasteiger partial charge in [0.15, 0.2) is 5.82 Å². The summed E-state index contributed by atoms with van der Waals surface area (Å²) in [6, 6.07) is 15.6. The summed E-state index contributed by atoms with van der Waals surface area (Å²) >= 11 is 0. The average Bonchev–Trinajstić information content (AvgIpc) is 3.44. The summed E-state index contributed by atoms with van der Waals surface area (Å²) in [6.07, 6.45) is 1.97. The third-order valence-corrected chi connectivity index (χ3v) is 6.45. The number of aromatic nitrogens is 3. The van der Waals surface area contributed by atoms with E-state index in [9.17, 15) is 4.79 Å². The second-order valence-electron chi connectivity index (χ2n) is 8.39. The molecule has 160 valence electrons. The summed E-state index contributed by atoms with van der Waals surface area (Å²) in [6.45, 7) is 3.50. The fourth-order valence-electron chi connectivity index (χ4n) is 5.04. The maximum Gasteiger partial charge on any atom is 0.343 e. The maximum absolute atomic E-state index is 12.0. The monoisotopic (exact) mass is 420 g/mol. The van der Waals surface area contributed by atoms with Gasteiger partial charge in [0.2, 0.25) is 0 Å². The number of nitrogens with one attached hydrogen (secondary N) is 1. The molecule has 3 aromatic rings. The van der Waals surface area contributed by atoms with Gasteiger partial charge in [-0.3, -0.25) is 14.3 Å². The number of hydrogen-bond donors (Lipinski definition) is 2. The summed E-state index contributed by atoms with van der Waals surface area (Å²) < 4.78 is 7.90. The standard InChI is InChI=1S/C22H22N4O2.CH2O2/c27-21-24-23-20-12-28-22(14-26(20)21)7-8-25(13-22)11-15-5-6-19-17(9-15)10-16-3-1-2-4-18(16)19;2-1-3/h1-6,9H,7-8,10-14H2,(H,24,27);1H,(H,2,3). The van der Waals surface area contributed by atoms with Crippen LogP contribution in [0.2, 0.25) is 0 Å². The van der Waals surface area contributed by atoms with E-state index < -0.39 is 0 Å². The normalized spacial score (nSPS) is 21.2. The number of hydrogen-bond acceptors (Lipinski definition) is 5. The molecule has 2 aliphatic heterocycles. The Labute approximate surface area is 179 Å². The second kappa shape index (κ2) is 7.79. The number of benzene rings is 2. The molecule has 31 heavy (non-hydrogen) atoms. The average molecular weight is 420 g/mol. The van der Waals surface area contributed by atoms with Crippen molar-refractivity contribution in [3.63, 3.8) is 0 Å². The molecule has 1 aliphatic carbocycles. The van der Waals surface area contributed by atoms with Crippen LogP contribution >= 0.6 is 0 Å². The van der Waals surface area contributed by atoms with Gasteiger partial charge in [-0.25, -0.2) is 9.89 Å². The molecule has 6 rings (SSSR count). The quantitative estimate of drug-likeness (QED) is 0.481. The van der Waals surface area contributed by atoms with Gasteiger partial charge in [0.1, 0.15) is 12.2 Å². The van der Waals surface area contributed by atoms with Gasteiger partial charge < -0.3 is 9.84 Å². The molecule has 1 aromatic heterocycles. The Kier molecular flexibility index (Phi) is 4.95. The van der Waals surface area contributed by atoms with Crippen molar-refractivity contribution in [1.29, 1.82) is 0 Å². The molecule has 2 N–H and O–H groups in total. The molecule has 0 amide bonds. The third kappa shape index (κ3) is 3.58. The molecular weight excluding hydrogens is 396 g/mol. The summed E-state index contributed by atoms with van der Waals surface area (Å²) in [5, 5.41) is 13.5. The van der Waals surface area contributed by atoms with E-state index in [1.165, 1.54) is 27.8 Å². The van der Waals surface area contributed by atoms with Crippen molar-refractivity contribution in [2.24, 2.45) is 0 Å². The Morgan fingerprint density at radius 3 is 2.84 bits per heavy atom. The zero-order valence-corrected chi connectivity index (χ0v) is 17.1. The number of nitrogens with zero attached hydrogens (tertiary/aromatic N) is 3. The zero-order valence-electron chi connectivity index (χ0n) is 17.1. The topological polar surface area (TPSA) is 100 Å². The minimum Gasteiger partial charge on any atom is -0.483 e. The van der Waals surface area contributed by atoms with Crippen LogP contribution in [0.4, 0.5) is 0 Å². The first-order valence-corrected chi connectivity index (χ1v) is 10.4. The van der Waals surface area contributed by atoms with Crippen molar-refractivity contribution < 1.29 is 14.6 Å². The molecule has 1 atom stereocenters. The number of rotatable bonds is 2. The predicted octanol–water partition coefficient (Wildman–Crippen LogP) is 2.02. The lowest BCUT2D eigenvalue weighted by atomic mass is 10.0. The predicted molar refractivity (Wildman–Crippen MR) is 114 cm³/mol. The van der Waals surface area contributed by atoms with E-state index in [0.717, 1.165) is 32.5 Å². The van der Waals surface area contributed by atoms with E-state index in [1.807, 2.05) is 0 Å². The molecule has 3 aliphatic rings. The van der Waals surface area contributed by atoms with Gasteiger partial charge in [0.05, 0.1) is 6.54 Å². The van der Waals surface area contributed by atoms with Gasteiger partial charge in [0, 0.05) is 19.6 Å². The number of H-pyrrole nitrogens is 1. The Morgan fingerprint density at radius 2 is 1.97 bits per heavy atom. The van der Waals surface area contributed by atoms with Crippen LogP contribution in [0.25, 0.3) is 11.1 Å². The number of ether oxygens (including phenoxy) is 1. The molecule has 8 nitrogen and oxygen atoms in total. The zero-order chi connectivity index (χ0) is 21.4. The summed E-state index contributed by atoms with van der Waals surface area (Å²) in [5.74, 6) is 0.701. The Bertz CT molecular complexity index is 1180. The van der Waals surface area contributed by atoms with Crippen LogP contribution in [0.3, 0.4) is 0 Å². The van der Waals surface area contributed by atoms with E-state index >= 15 is 0 Å². The number of aromatic amines is 1. The van der Waals surface area contributed by atoms with Crippen LogP contribution in [-0.2, 0) is 35.6 Å². The molecule has 1 saturated heterocycles. The van der Waals surface area contributed by atoms with Crippen molar-refractivity contribution in [3.05, 3.63) is 75.5 Å². The van der Waals surface area contributed by atoms with Crippen molar-refractivity contribution in [1.82, 2.24) is 19.7 Å². The van der Waals surface area contributed by atoms with Gasteiger partial charge in [-0.1, -0.05) is 42.5 Å². The lowest BCUT2D eigenvalue weighted by Crippen LogP contribution is -2.46. The minimum absolute atomic E-state index is 0.130. The lowest BCUT2D eigenvalue weighted by molar-refractivity contribution is -0.122. The van der Waals surface area contributed by atoms with Gasteiger partial charge in [-0.2, -0.15) is 5.10 Å². The highest BCUT2D eigenvalue weighted by atomic mass is 16.5. The lowest BCUT2D eigenvalue weighted by Gasteiger charge is -2.33. The van der Waals surface area contributed by atoms with Crippen LogP contribution in [-0.4, -0.2) is 49.9 Å². The highest BCUT2D eigenvalue weighted by Gasteiger charge is 2.43. The second-order valence-corrected chi connectivity index (χ2v) is 8.39. The number of carboxylic acid groups (broad SMARTS) is 1. The Balaban J connectivity index is 0.000000646. The number of fused-ring (bicyclic) bond motifs is 4. The summed E-state index contributed by atoms with van der Waals surface area (Å²) in [4.78, 5) is 22.8. The van der Waals surface area contributed by atoms with E-state index in [1.54, 1.807) is 4.57 Å². The molecule has 1 spiro atoms. The number of carbonyl (C=O) groups is 1. The molecule has 8 heteroatoms. The third-order valence-electron chi connectivity index (χ3n) is 6.45. The fraction of sp³-hybridized carbons (Fsp3) is 0.348. The summed E-state index contributed by atoms with van der Waals surface area (Å²) in [7, 11) is 0. The van der Waals surface area contributed by atoms with Crippen molar-refractivity contribution in [2.45, 2.75) is 38.1 Å². The highest BCUT2D eigenvalue weighted by Crippen LogP contribution is 2.37. The van der Waals surface area contributed by atoms with Crippen molar-refractivity contribution in [2.75, 3.05) is 13.1 Å². The van der Waals surface area contributed by atoms with Gasteiger partial charge >= 0.3 is 5.69 Å². The molecule has 0 saturated carbocycles. The summed E-state index contributed by atoms with van der Waals surface area (Å²) in [5.41, 5.74) is 6.55. The van der Waals surface area contributed by atoms with E-state index in [0.29, 0.717) is 19.0 Å². The Morgan fingerprint density at radius 1 is 1.16 bits per heavy atom.